The largest absolute Gasteiger partial charge is 0.508 e. The molecule has 4 aliphatic rings. The molecule has 2 atom stereocenters. The van der Waals surface area contributed by atoms with Crippen molar-refractivity contribution < 1.29 is 87.9 Å². The highest BCUT2D eigenvalue weighted by atomic mass is 35.5. The molecule has 0 bridgehead atoms. The van der Waals surface area contributed by atoms with E-state index < -0.39 is 59.0 Å². The maximum absolute atomic E-state index is 13.5. The van der Waals surface area contributed by atoms with Crippen molar-refractivity contribution in [3.63, 3.8) is 0 Å². The average Bonchev–Trinajstić information content (AvgIpc) is 1.50. The van der Waals surface area contributed by atoms with Crippen molar-refractivity contribution in [1.82, 2.24) is 10.6 Å². The highest BCUT2D eigenvalue weighted by molar-refractivity contribution is 6.19. The van der Waals surface area contributed by atoms with Crippen molar-refractivity contribution in [2.75, 3.05) is 23.5 Å². The Morgan fingerprint density at radius 1 is 0.364 bits per heavy atom. The van der Waals surface area contributed by atoms with Gasteiger partial charge >= 0.3 is 23.9 Å². The Balaban J connectivity index is 0.000000218. The van der Waals surface area contributed by atoms with Gasteiger partial charge in [-0.2, -0.15) is 0 Å². The number of carbonyl (C=O) groups excluding carboxylic acids is 6. The number of amides is 2. The molecule has 2 amide bonds. The van der Waals surface area contributed by atoms with Crippen molar-refractivity contribution in [3.05, 3.63) is 236 Å². The molecule has 110 heavy (non-hydrogen) atoms. The van der Waals surface area contributed by atoms with Gasteiger partial charge in [0.2, 0.25) is 0 Å². The number of unbranched alkanes of at least 4 members (excludes halogenated alkanes) is 4. The third-order valence-electron chi connectivity index (χ3n) is 20.7. The molecule has 4 aliphatic heterocycles. The fourth-order valence-electron chi connectivity index (χ4n) is 15.0. The molecule has 0 saturated heterocycles. The van der Waals surface area contributed by atoms with Gasteiger partial charge in [-0.1, -0.05) is 80.3 Å². The first-order chi connectivity index (χ1) is 53.1. The van der Waals surface area contributed by atoms with E-state index >= 15 is 0 Å². The lowest BCUT2D eigenvalue weighted by molar-refractivity contribution is -0.140. The first kappa shape index (κ1) is 80.9. The lowest BCUT2D eigenvalue weighted by Crippen LogP contribution is -2.41. The Kier molecular flexibility index (Phi) is 27.3. The van der Waals surface area contributed by atoms with Crippen LogP contribution in [-0.4, -0.2) is 114 Å². The average molecular weight is 1580 g/mol. The first-order valence-electron chi connectivity index (χ1n) is 37.1. The van der Waals surface area contributed by atoms with Crippen molar-refractivity contribution in [2.45, 2.75) is 164 Å². The Morgan fingerprint density at radius 2 is 0.709 bits per heavy atom. The summed E-state index contributed by atoms with van der Waals surface area (Å²) in [6.07, 6.45) is 12.3. The summed E-state index contributed by atoms with van der Waals surface area (Å²) in [5.74, 6) is -1.14. The lowest BCUT2D eigenvalue weighted by atomic mass is 9.77. The normalized spacial score (nSPS) is 14.1. The number of hydrogen-bond acceptors (Lipinski definition) is 16. The first-order valence-corrected chi connectivity index (χ1v) is 39.2. The number of phenols is 4. The second kappa shape index (κ2) is 37.1. The standard InChI is InChI=1S/2C43H43Cl2NO9/c44-21-19-28(20-22-45)27-11-9-26(10-12-27)5-4-7-30(47)6-2-1-3-8-37(41(51)52)46-40(50)29-13-16-34-33(23-29)42(53)55-43(34)35-17-14-31(48)24-38(35)54-39-25-32(49)15-18-36(39)43;44-21-19-28(20-22-45)27-11-9-26(10-12-27)5-4-7-30(47)6-2-1-3-8-37(41(51)52)46-40(50)29-13-16-33-36(23-29)43(55-42(33)53)34-17-14-31(48)24-38(34)54-39-25-32(49)15-18-35(39)43/h2*9-18,23-25,28,37,48-49H,1-8,19-22H2,(H,46,50)(H,51,52). The third kappa shape index (κ3) is 18.7. The van der Waals surface area contributed by atoms with Crippen LogP contribution in [-0.2, 0) is 52.7 Å². The van der Waals surface area contributed by atoms with E-state index in [0.717, 1.165) is 51.4 Å². The lowest BCUT2D eigenvalue weighted by Gasteiger charge is -2.36. The summed E-state index contributed by atoms with van der Waals surface area (Å²) < 4.78 is 24.1. The van der Waals surface area contributed by atoms with Crippen LogP contribution in [0, 0.1) is 0 Å². The third-order valence-corrected chi connectivity index (χ3v) is 21.6. The van der Waals surface area contributed by atoms with Crippen LogP contribution in [0.5, 0.6) is 46.0 Å². The topological polar surface area (TPSA) is 319 Å². The zero-order valence-corrected chi connectivity index (χ0v) is 63.4. The van der Waals surface area contributed by atoms with E-state index in [1.54, 1.807) is 30.3 Å². The van der Waals surface area contributed by atoms with Gasteiger partial charge < -0.3 is 60.2 Å². The quantitative estimate of drug-likeness (QED) is 0.0103. The number of aromatic hydroxyl groups is 4. The van der Waals surface area contributed by atoms with Gasteiger partial charge in [0, 0.05) is 118 Å². The number of alkyl halides is 4. The summed E-state index contributed by atoms with van der Waals surface area (Å²) in [6, 6.07) is 40.9. The zero-order valence-electron chi connectivity index (χ0n) is 60.4. The molecule has 576 valence electrons. The van der Waals surface area contributed by atoms with Crippen LogP contribution in [0.1, 0.15) is 224 Å². The fraction of sp³-hybridized carbons (Fsp3) is 0.349. The molecule has 0 aromatic heterocycles. The summed E-state index contributed by atoms with van der Waals surface area (Å²) in [5.41, 5.74) is 4.69. The molecule has 0 saturated carbocycles. The van der Waals surface area contributed by atoms with Crippen LogP contribution in [0.4, 0.5) is 0 Å². The van der Waals surface area contributed by atoms with Gasteiger partial charge in [0.05, 0.1) is 11.1 Å². The molecular formula is C86H86Cl4N2O18. The zero-order chi connectivity index (χ0) is 78.2. The molecule has 12 rings (SSSR count). The van der Waals surface area contributed by atoms with E-state index in [0.29, 0.717) is 133 Å². The van der Waals surface area contributed by atoms with E-state index in [2.05, 4.69) is 59.2 Å². The number of carboxylic acid groups (broad SMARTS) is 2. The van der Waals surface area contributed by atoms with Crippen LogP contribution < -0.4 is 20.1 Å². The number of benzene rings is 8. The monoisotopic (exact) mass is 1570 g/mol. The number of aliphatic carboxylic acids is 2. The van der Waals surface area contributed by atoms with E-state index in [1.807, 2.05) is 0 Å². The number of ketones is 2. The summed E-state index contributed by atoms with van der Waals surface area (Å²) in [5, 5.41) is 65.7. The molecule has 24 heteroatoms. The SMILES string of the molecule is O=C(CCCCCC(NC(=O)c1ccc2c(c1)C(=O)OC21c2ccc(O)cc2Oc2cc(O)ccc21)C(=O)O)CCCc1ccc(C(CCCl)CCCl)cc1.O=C(CCCCCC(NC(=O)c1ccc2c(c1)C1(OC2=O)c2ccc(O)cc2Oc2cc(O)ccc21)C(=O)O)CCCc1ccc(C(CCCl)CCCl)cc1. The second-order valence-electron chi connectivity index (χ2n) is 28.1. The fourth-order valence-corrected chi connectivity index (χ4v) is 16.1. The van der Waals surface area contributed by atoms with Gasteiger partial charge in [-0.15, -0.1) is 46.4 Å². The predicted octanol–water partition coefficient (Wildman–Crippen LogP) is 17.5. The minimum absolute atomic E-state index is 0.0733. The summed E-state index contributed by atoms with van der Waals surface area (Å²) in [6.45, 7) is 0. The maximum Gasteiger partial charge on any atom is 0.340 e. The Bertz CT molecular complexity index is 4600. The summed E-state index contributed by atoms with van der Waals surface area (Å²) in [4.78, 5) is 103. The van der Waals surface area contributed by atoms with Crippen molar-refractivity contribution >= 4 is 93.7 Å². The van der Waals surface area contributed by atoms with E-state index in [9.17, 15) is 69.0 Å². The second-order valence-corrected chi connectivity index (χ2v) is 29.6. The van der Waals surface area contributed by atoms with Gasteiger partial charge in [0.15, 0.2) is 11.2 Å². The Labute approximate surface area is 657 Å². The van der Waals surface area contributed by atoms with Gasteiger partial charge in [-0.05, 0) is 190 Å². The number of phenolic OH excluding ortho intramolecular Hbond substituents is 4. The number of aryl methyl sites for hydroxylation is 2. The molecule has 0 fully saturated rings. The number of esters is 2. The number of Topliss-reactive ketones (excluding diaryl/α,β-unsaturated/α-hetero) is 2. The van der Waals surface area contributed by atoms with E-state index in [-0.39, 0.29) is 92.7 Å². The Morgan fingerprint density at radius 3 is 1.09 bits per heavy atom. The molecular weight excluding hydrogens is 1490 g/mol. The van der Waals surface area contributed by atoms with Crippen LogP contribution in [0.2, 0.25) is 0 Å². The smallest absolute Gasteiger partial charge is 0.340 e. The van der Waals surface area contributed by atoms with Crippen molar-refractivity contribution in [2.24, 2.45) is 0 Å². The molecule has 0 radical (unpaired) electrons. The van der Waals surface area contributed by atoms with Crippen molar-refractivity contribution in [3.8, 4) is 46.0 Å². The number of ether oxygens (including phenoxy) is 4. The maximum atomic E-state index is 13.5. The molecule has 0 aliphatic carbocycles. The van der Waals surface area contributed by atoms with E-state index in [4.69, 9.17) is 65.4 Å². The molecule has 8 N–H and O–H groups in total. The number of carbonyl (C=O) groups is 8. The summed E-state index contributed by atoms with van der Waals surface area (Å²) in [7, 11) is 0. The minimum Gasteiger partial charge on any atom is -0.508 e. The van der Waals surface area contributed by atoms with Gasteiger partial charge in [-0.3, -0.25) is 19.2 Å². The number of hydrogen-bond donors (Lipinski definition) is 8. The number of nitrogens with one attached hydrogen (secondary N) is 2. The minimum atomic E-state index is -1.57. The van der Waals surface area contributed by atoms with E-state index in [1.165, 1.54) is 101 Å². The Hall–Kier alpha value is -10.1. The number of carboxylic acids is 2. The highest BCUT2D eigenvalue weighted by Crippen LogP contribution is 2.59. The predicted molar refractivity (Wildman–Crippen MR) is 416 cm³/mol. The molecule has 4 heterocycles. The van der Waals surface area contributed by atoms with Gasteiger partial charge in [0.25, 0.3) is 11.8 Å². The molecule has 2 spiro atoms. The molecule has 8 aromatic carbocycles. The number of halogens is 4. The number of fused-ring (bicyclic) bond motifs is 12. The van der Waals surface area contributed by atoms with Crippen LogP contribution in [0.15, 0.2) is 158 Å². The van der Waals surface area contributed by atoms with Gasteiger partial charge in [0.1, 0.15) is 69.6 Å². The molecule has 2 unspecified atom stereocenters. The highest BCUT2D eigenvalue weighted by Gasteiger charge is 2.56. The van der Waals surface area contributed by atoms with Crippen LogP contribution in [0.25, 0.3) is 0 Å². The van der Waals surface area contributed by atoms with Crippen LogP contribution >= 0.6 is 46.4 Å². The molecule has 20 nitrogen and oxygen atoms in total. The van der Waals surface area contributed by atoms with Crippen molar-refractivity contribution in [1.29, 1.82) is 0 Å². The van der Waals surface area contributed by atoms with Crippen LogP contribution in [0.3, 0.4) is 0 Å². The van der Waals surface area contributed by atoms with Gasteiger partial charge in [-0.25, -0.2) is 19.2 Å². The summed E-state index contributed by atoms with van der Waals surface area (Å²) >= 11 is 23.8. The molecule has 8 aromatic rings. The number of rotatable bonds is 36.